The zero-order chi connectivity index (χ0) is 23.0. The monoisotopic (exact) mass is 484 g/mol. The van der Waals surface area contributed by atoms with E-state index in [2.05, 4.69) is 15.4 Å². The van der Waals surface area contributed by atoms with E-state index >= 15 is 0 Å². The molecule has 33 heavy (non-hydrogen) atoms. The molecule has 1 aliphatic rings. The van der Waals surface area contributed by atoms with Gasteiger partial charge in [0.15, 0.2) is 15.5 Å². The van der Waals surface area contributed by atoms with Gasteiger partial charge in [-0.15, -0.1) is 11.3 Å². The lowest BCUT2D eigenvalue weighted by molar-refractivity contribution is 0.0954. The van der Waals surface area contributed by atoms with Gasteiger partial charge in [0.2, 0.25) is 0 Å². The average molecular weight is 485 g/mol. The van der Waals surface area contributed by atoms with Gasteiger partial charge >= 0.3 is 0 Å². The van der Waals surface area contributed by atoms with Crippen LogP contribution in [0.1, 0.15) is 34.9 Å². The Balaban J connectivity index is 1.49. The lowest BCUT2D eigenvalue weighted by Crippen LogP contribution is -2.25. The van der Waals surface area contributed by atoms with Gasteiger partial charge in [0, 0.05) is 25.5 Å². The van der Waals surface area contributed by atoms with Crippen molar-refractivity contribution in [2.24, 2.45) is 0 Å². The largest absolute Gasteiger partial charge is 0.352 e. The first-order valence-electron chi connectivity index (χ1n) is 10.8. The van der Waals surface area contributed by atoms with Crippen LogP contribution in [-0.4, -0.2) is 56.7 Å². The third-order valence-electron chi connectivity index (χ3n) is 5.85. The Morgan fingerprint density at radius 2 is 2.24 bits per heavy atom. The Kier molecular flexibility index (Phi) is 5.75. The maximum Gasteiger partial charge on any atom is 0.252 e. The molecule has 0 spiro atoms. The minimum atomic E-state index is -3.09. The standard InChI is InChI=1S/C22H24N6O3S2/c1-15-20-17(22(29)24-6-3-8-27-9-7-23-14-27)12-18(19-4-2-10-32-19)25-21(20)28(26-15)16-5-11-33(30,31)13-16/h2,4,7,9-10,12,14,16H,3,5-6,8,11,13H2,1H3,(H,24,29)/t16-/m1/s1. The zero-order valence-electron chi connectivity index (χ0n) is 18.1. The number of amides is 1. The molecule has 1 aliphatic heterocycles. The predicted molar refractivity (Wildman–Crippen MR) is 127 cm³/mol. The van der Waals surface area contributed by atoms with Gasteiger partial charge < -0.3 is 9.88 Å². The van der Waals surface area contributed by atoms with E-state index in [9.17, 15) is 13.2 Å². The molecule has 0 bridgehead atoms. The molecule has 1 fully saturated rings. The summed E-state index contributed by atoms with van der Waals surface area (Å²) in [6.45, 7) is 3.12. The lowest BCUT2D eigenvalue weighted by Gasteiger charge is -2.12. The number of carbonyl (C=O) groups is 1. The topological polar surface area (TPSA) is 112 Å². The summed E-state index contributed by atoms with van der Waals surface area (Å²) in [5, 5.41) is 10.3. The second-order valence-corrected chi connectivity index (χ2v) is 11.4. The normalized spacial score (nSPS) is 17.5. The summed E-state index contributed by atoms with van der Waals surface area (Å²) in [5.41, 5.74) is 2.42. The number of aryl methyl sites for hydroxylation is 2. The van der Waals surface area contributed by atoms with Crippen LogP contribution in [0.4, 0.5) is 0 Å². The van der Waals surface area contributed by atoms with Crippen molar-refractivity contribution in [2.75, 3.05) is 18.1 Å². The number of thiophene rings is 1. The van der Waals surface area contributed by atoms with Gasteiger partial charge in [-0.3, -0.25) is 4.79 Å². The molecule has 172 valence electrons. The van der Waals surface area contributed by atoms with E-state index in [1.165, 1.54) is 0 Å². The van der Waals surface area contributed by atoms with Crippen molar-refractivity contribution in [1.29, 1.82) is 0 Å². The minimum Gasteiger partial charge on any atom is -0.352 e. The van der Waals surface area contributed by atoms with Crippen LogP contribution in [0.25, 0.3) is 21.6 Å². The Bertz CT molecular complexity index is 1390. The number of imidazole rings is 1. The van der Waals surface area contributed by atoms with Crippen molar-refractivity contribution >= 4 is 38.1 Å². The van der Waals surface area contributed by atoms with E-state index in [1.54, 1.807) is 28.5 Å². The molecule has 4 aromatic rings. The summed E-state index contributed by atoms with van der Waals surface area (Å²) < 4.78 is 27.9. The summed E-state index contributed by atoms with van der Waals surface area (Å²) in [6, 6.07) is 5.43. The van der Waals surface area contributed by atoms with Crippen LogP contribution in [0, 0.1) is 6.92 Å². The maximum absolute atomic E-state index is 13.2. The Hall–Kier alpha value is -3.05. The molecule has 1 saturated heterocycles. The number of nitrogens with one attached hydrogen (secondary N) is 1. The lowest BCUT2D eigenvalue weighted by atomic mass is 10.1. The van der Waals surface area contributed by atoms with E-state index in [4.69, 9.17) is 4.98 Å². The molecule has 5 heterocycles. The van der Waals surface area contributed by atoms with E-state index in [1.807, 2.05) is 41.3 Å². The number of fused-ring (bicyclic) bond motifs is 1. The smallest absolute Gasteiger partial charge is 0.252 e. The first-order valence-corrected chi connectivity index (χ1v) is 13.5. The van der Waals surface area contributed by atoms with Gasteiger partial charge in [-0.05, 0) is 37.3 Å². The molecule has 11 heteroatoms. The van der Waals surface area contributed by atoms with Gasteiger partial charge in [-0.2, -0.15) is 5.10 Å². The molecular formula is C22H24N6O3S2. The molecule has 1 atom stereocenters. The highest BCUT2D eigenvalue weighted by Gasteiger charge is 2.32. The highest BCUT2D eigenvalue weighted by Crippen LogP contribution is 2.33. The number of nitrogens with zero attached hydrogens (tertiary/aromatic N) is 5. The fraction of sp³-hybridized carbons (Fsp3) is 0.364. The van der Waals surface area contributed by atoms with E-state index in [0.29, 0.717) is 41.0 Å². The van der Waals surface area contributed by atoms with E-state index in [0.717, 1.165) is 17.8 Å². The Labute approximate surface area is 195 Å². The number of rotatable bonds is 7. The first-order chi connectivity index (χ1) is 15.9. The van der Waals surface area contributed by atoms with Gasteiger partial charge in [0.1, 0.15) is 0 Å². The highest BCUT2D eigenvalue weighted by molar-refractivity contribution is 7.91. The zero-order valence-corrected chi connectivity index (χ0v) is 19.8. The van der Waals surface area contributed by atoms with Gasteiger partial charge in [-0.1, -0.05) is 6.07 Å². The molecule has 4 aromatic heterocycles. The molecule has 0 unspecified atom stereocenters. The van der Waals surface area contributed by atoms with Crippen molar-refractivity contribution in [2.45, 2.75) is 32.4 Å². The van der Waals surface area contributed by atoms with Crippen LogP contribution in [0.15, 0.2) is 42.3 Å². The van der Waals surface area contributed by atoms with Gasteiger partial charge in [0.25, 0.3) is 5.91 Å². The fourth-order valence-corrected chi connectivity index (χ4v) is 6.62. The molecule has 9 nitrogen and oxygen atoms in total. The minimum absolute atomic E-state index is 0.0455. The van der Waals surface area contributed by atoms with Crippen molar-refractivity contribution < 1.29 is 13.2 Å². The van der Waals surface area contributed by atoms with Crippen LogP contribution in [0.3, 0.4) is 0 Å². The van der Waals surface area contributed by atoms with Crippen LogP contribution in [-0.2, 0) is 16.4 Å². The predicted octanol–water partition coefficient (Wildman–Crippen LogP) is 2.84. The first kappa shape index (κ1) is 21.8. The van der Waals surface area contributed by atoms with Crippen molar-refractivity contribution in [1.82, 2.24) is 29.6 Å². The average Bonchev–Trinajstić information content (AvgIpc) is 3.58. The van der Waals surface area contributed by atoms with Gasteiger partial charge in [-0.25, -0.2) is 23.1 Å². The Morgan fingerprint density at radius 3 is 2.94 bits per heavy atom. The number of hydrogen-bond acceptors (Lipinski definition) is 7. The Morgan fingerprint density at radius 1 is 1.36 bits per heavy atom. The molecule has 0 aliphatic carbocycles. The molecule has 5 rings (SSSR count). The molecule has 1 N–H and O–H groups in total. The number of aromatic nitrogens is 5. The molecular weight excluding hydrogens is 460 g/mol. The SMILES string of the molecule is Cc1nn([C@@H]2CCS(=O)(=O)C2)c2nc(-c3cccs3)cc(C(=O)NCCCn3ccnc3)c12. The highest BCUT2D eigenvalue weighted by atomic mass is 32.2. The molecule has 0 saturated carbocycles. The van der Waals surface area contributed by atoms with Crippen LogP contribution in [0.2, 0.25) is 0 Å². The summed E-state index contributed by atoms with van der Waals surface area (Å²) >= 11 is 1.54. The summed E-state index contributed by atoms with van der Waals surface area (Å²) in [7, 11) is -3.09. The summed E-state index contributed by atoms with van der Waals surface area (Å²) in [6.07, 6.45) is 6.64. The van der Waals surface area contributed by atoms with Crippen LogP contribution < -0.4 is 5.32 Å². The van der Waals surface area contributed by atoms with E-state index in [-0.39, 0.29) is 23.5 Å². The van der Waals surface area contributed by atoms with Crippen LogP contribution >= 0.6 is 11.3 Å². The van der Waals surface area contributed by atoms with Crippen LogP contribution in [0.5, 0.6) is 0 Å². The quantitative estimate of drug-likeness (QED) is 0.404. The van der Waals surface area contributed by atoms with E-state index < -0.39 is 9.84 Å². The number of carbonyl (C=O) groups excluding carboxylic acids is 1. The molecule has 0 radical (unpaired) electrons. The number of sulfone groups is 1. The molecule has 1 amide bonds. The number of pyridine rings is 1. The van der Waals surface area contributed by atoms with Crippen molar-refractivity contribution in [3.05, 3.63) is 53.6 Å². The molecule has 0 aromatic carbocycles. The summed E-state index contributed by atoms with van der Waals surface area (Å²) in [5.74, 6) is 0.00385. The second kappa shape index (κ2) is 8.71. The second-order valence-electron chi connectivity index (χ2n) is 8.23. The van der Waals surface area contributed by atoms with Crippen molar-refractivity contribution in [3.8, 4) is 10.6 Å². The van der Waals surface area contributed by atoms with Gasteiger partial charge in [0.05, 0.1) is 51.1 Å². The van der Waals surface area contributed by atoms with Crippen molar-refractivity contribution in [3.63, 3.8) is 0 Å². The number of hydrogen-bond donors (Lipinski definition) is 1. The maximum atomic E-state index is 13.2. The fourth-order valence-electron chi connectivity index (χ4n) is 4.24. The summed E-state index contributed by atoms with van der Waals surface area (Å²) in [4.78, 5) is 23.0. The third-order valence-corrected chi connectivity index (χ3v) is 8.49. The third kappa shape index (κ3) is 4.42.